The molecule has 1 aliphatic rings. The molecule has 0 N–H and O–H groups in total. The number of hydrogen-bond donors (Lipinski definition) is 0. The zero-order chi connectivity index (χ0) is 15.0. The van der Waals surface area contributed by atoms with Crippen molar-refractivity contribution in [2.75, 3.05) is 32.1 Å². The van der Waals surface area contributed by atoms with Crippen LogP contribution in [0.1, 0.15) is 12.0 Å². The lowest BCUT2D eigenvalue weighted by Gasteiger charge is -2.19. The smallest absolute Gasteiger partial charge is 0.227 e. The molecule has 1 aliphatic heterocycles. The van der Waals surface area contributed by atoms with Gasteiger partial charge in [0.25, 0.3) is 0 Å². The van der Waals surface area contributed by atoms with Crippen LogP contribution in [0.4, 0.5) is 5.82 Å². The molecule has 110 valence electrons. The van der Waals surface area contributed by atoms with E-state index in [1.54, 1.807) is 4.90 Å². The number of carbonyl (C=O) groups is 1. The fourth-order valence-electron chi connectivity index (χ4n) is 3.02. The van der Waals surface area contributed by atoms with Crippen LogP contribution in [0.25, 0.3) is 10.8 Å². The Hall–Kier alpha value is -2.10. The van der Waals surface area contributed by atoms with Gasteiger partial charge >= 0.3 is 0 Å². The Labute approximate surface area is 125 Å². The fraction of sp³-hybridized carbons (Fsp3) is 0.412. The molecule has 0 bridgehead atoms. The summed E-state index contributed by atoms with van der Waals surface area (Å²) in [6.07, 6.45) is 2.85. The summed E-state index contributed by atoms with van der Waals surface area (Å²) in [6.45, 7) is 3.77. The van der Waals surface area contributed by atoms with E-state index in [4.69, 9.17) is 0 Å². The summed E-state index contributed by atoms with van der Waals surface area (Å²) in [4.78, 5) is 20.5. The van der Waals surface area contributed by atoms with E-state index in [2.05, 4.69) is 41.1 Å². The van der Waals surface area contributed by atoms with E-state index in [9.17, 15) is 4.79 Å². The Balaban J connectivity index is 1.84. The zero-order valence-corrected chi connectivity index (χ0v) is 12.8. The average Bonchev–Trinajstić information content (AvgIpc) is 2.96. The van der Waals surface area contributed by atoms with Crippen LogP contribution in [0.3, 0.4) is 0 Å². The van der Waals surface area contributed by atoms with Crippen molar-refractivity contribution in [1.82, 2.24) is 9.88 Å². The summed E-state index contributed by atoms with van der Waals surface area (Å²) in [5, 5.41) is 2.41. The Morgan fingerprint density at radius 2 is 2.19 bits per heavy atom. The highest BCUT2D eigenvalue weighted by molar-refractivity contribution is 5.87. The standard InChI is InChI=1S/C17H21N3O/c1-12-5-4-6-13-9-16(18-10-15(12)13)20-8-7-14(11-20)17(21)19(2)3/h4-6,9-10,14H,7-8,11H2,1-3H3. The quantitative estimate of drug-likeness (QED) is 0.849. The molecule has 1 amide bonds. The molecule has 4 nitrogen and oxygen atoms in total. The van der Waals surface area contributed by atoms with Gasteiger partial charge in [-0.25, -0.2) is 4.98 Å². The minimum atomic E-state index is 0.0926. The van der Waals surface area contributed by atoms with Crippen molar-refractivity contribution in [2.45, 2.75) is 13.3 Å². The first-order chi connectivity index (χ1) is 10.1. The Kier molecular flexibility index (Phi) is 3.53. The molecule has 1 atom stereocenters. The molecular formula is C17H21N3O. The third kappa shape index (κ3) is 2.58. The molecule has 1 fully saturated rings. The summed E-state index contributed by atoms with van der Waals surface area (Å²) >= 11 is 0. The first-order valence-electron chi connectivity index (χ1n) is 7.38. The fourth-order valence-corrected chi connectivity index (χ4v) is 3.02. The predicted octanol–water partition coefficient (Wildman–Crippen LogP) is 2.46. The summed E-state index contributed by atoms with van der Waals surface area (Å²) in [5.41, 5.74) is 1.24. The highest BCUT2D eigenvalue weighted by Crippen LogP contribution is 2.26. The number of amides is 1. The van der Waals surface area contributed by atoms with Crippen LogP contribution in [0, 0.1) is 12.8 Å². The van der Waals surface area contributed by atoms with E-state index in [0.29, 0.717) is 0 Å². The number of carbonyl (C=O) groups excluding carboxylic acids is 1. The zero-order valence-electron chi connectivity index (χ0n) is 12.8. The number of aromatic nitrogens is 1. The number of pyridine rings is 1. The molecule has 0 saturated carbocycles. The van der Waals surface area contributed by atoms with Crippen molar-refractivity contribution in [3.63, 3.8) is 0 Å². The van der Waals surface area contributed by atoms with Crippen LogP contribution >= 0.6 is 0 Å². The summed E-state index contributed by atoms with van der Waals surface area (Å²) in [6, 6.07) is 8.42. The molecule has 3 rings (SSSR count). The van der Waals surface area contributed by atoms with E-state index in [-0.39, 0.29) is 11.8 Å². The lowest BCUT2D eigenvalue weighted by Crippen LogP contribution is -2.32. The van der Waals surface area contributed by atoms with Crippen LogP contribution in [0.2, 0.25) is 0 Å². The average molecular weight is 283 g/mol. The molecule has 21 heavy (non-hydrogen) atoms. The predicted molar refractivity (Wildman–Crippen MR) is 85.5 cm³/mol. The number of anilines is 1. The number of fused-ring (bicyclic) bond motifs is 1. The Morgan fingerprint density at radius 1 is 1.38 bits per heavy atom. The largest absolute Gasteiger partial charge is 0.356 e. The van der Waals surface area contributed by atoms with E-state index in [1.165, 1.54) is 16.3 Å². The number of hydrogen-bond acceptors (Lipinski definition) is 3. The second kappa shape index (κ2) is 5.35. The maximum absolute atomic E-state index is 12.1. The third-order valence-corrected chi connectivity index (χ3v) is 4.27. The maximum atomic E-state index is 12.1. The molecular weight excluding hydrogens is 262 g/mol. The second-order valence-electron chi connectivity index (χ2n) is 6.00. The number of aryl methyl sites for hydroxylation is 1. The van der Waals surface area contributed by atoms with E-state index in [1.807, 2.05) is 20.3 Å². The number of nitrogens with zero attached hydrogens (tertiary/aromatic N) is 3. The van der Waals surface area contributed by atoms with Crippen molar-refractivity contribution in [3.8, 4) is 0 Å². The highest BCUT2D eigenvalue weighted by Gasteiger charge is 2.29. The summed E-state index contributed by atoms with van der Waals surface area (Å²) in [7, 11) is 3.64. The van der Waals surface area contributed by atoms with Gasteiger partial charge < -0.3 is 9.80 Å². The Bertz CT molecular complexity index is 681. The van der Waals surface area contributed by atoms with E-state index >= 15 is 0 Å². The maximum Gasteiger partial charge on any atom is 0.227 e. The molecule has 4 heteroatoms. The van der Waals surface area contributed by atoms with Crippen molar-refractivity contribution >= 4 is 22.5 Å². The van der Waals surface area contributed by atoms with Crippen LogP contribution in [0.5, 0.6) is 0 Å². The lowest BCUT2D eigenvalue weighted by molar-refractivity contribution is -0.132. The monoisotopic (exact) mass is 283 g/mol. The molecule has 0 aliphatic carbocycles. The second-order valence-corrected chi connectivity index (χ2v) is 6.00. The van der Waals surface area contributed by atoms with Crippen LogP contribution in [-0.2, 0) is 4.79 Å². The van der Waals surface area contributed by atoms with Gasteiger partial charge in [0.05, 0.1) is 5.92 Å². The first-order valence-corrected chi connectivity index (χ1v) is 7.38. The van der Waals surface area contributed by atoms with Gasteiger partial charge in [0.1, 0.15) is 5.82 Å². The van der Waals surface area contributed by atoms with Crippen LogP contribution < -0.4 is 4.90 Å². The van der Waals surface area contributed by atoms with Crippen molar-refractivity contribution < 1.29 is 4.79 Å². The molecule has 2 aromatic rings. The van der Waals surface area contributed by atoms with E-state index < -0.39 is 0 Å². The highest BCUT2D eigenvalue weighted by atomic mass is 16.2. The first kappa shape index (κ1) is 13.9. The van der Waals surface area contributed by atoms with Crippen molar-refractivity contribution in [2.24, 2.45) is 5.92 Å². The molecule has 1 aromatic carbocycles. The van der Waals surface area contributed by atoms with Crippen LogP contribution in [-0.4, -0.2) is 43.0 Å². The van der Waals surface area contributed by atoms with Gasteiger partial charge in [-0.1, -0.05) is 18.2 Å². The van der Waals surface area contributed by atoms with Gasteiger partial charge in [0.2, 0.25) is 5.91 Å². The normalized spacial score (nSPS) is 18.2. The molecule has 0 radical (unpaired) electrons. The molecule has 2 heterocycles. The van der Waals surface area contributed by atoms with Gasteiger partial charge in [0, 0.05) is 38.8 Å². The van der Waals surface area contributed by atoms with Gasteiger partial charge in [-0.2, -0.15) is 0 Å². The third-order valence-electron chi connectivity index (χ3n) is 4.27. The Morgan fingerprint density at radius 3 is 2.95 bits per heavy atom. The molecule has 1 saturated heterocycles. The van der Waals surface area contributed by atoms with Crippen molar-refractivity contribution in [1.29, 1.82) is 0 Å². The van der Waals surface area contributed by atoms with Gasteiger partial charge in [-0.15, -0.1) is 0 Å². The SMILES string of the molecule is Cc1cccc2cc(N3CCC(C(=O)N(C)C)C3)ncc12. The molecule has 1 unspecified atom stereocenters. The van der Waals surface area contributed by atoms with Gasteiger partial charge in [-0.3, -0.25) is 4.79 Å². The number of rotatable bonds is 2. The topological polar surface area (TPSA) is 36.4 Å². The molecule has 1 aromatic heterocycles. The number of benzene rings is 1. The van der Waals surface area contributed by atoms with E-state index in [0.717, 1.165) is 25.3 Å². The van der Waals surface area contributed by atoms with Crippen molar-refractivity contribution in [3.05, 3.63) is 36.0 Å². The minimum Gasteiger partial charge on any atom is -0.356 e. The molecule has 0 spiro atoms. The van der Waals surface area contributed by atoms with Gasteiger partial charge in [-0.05, 0) is 30.4 Å². The minimum absolute atomic E-state index is 0.0926. The summed E-state index contributed by atoms with van der Waals surface area (Å²) in [5.74, 6) is 1.28. The van der Waals surface area contributed by atoms with Gasteiger partial charge in [0.15, 0.2) is 0 Å². The lowest BCUT2D eigenvalue weighted by atomic mass is 10.1. The van der Waals surface area contributed by atoms with Crippen LogP contribution in [0.15, 0.2) is 30.5 Å². The summed E-state index contributed by atoms with van der Waals surface area (Å²) < 4.78 is 0.